The molecule has 3 N–H and O–H groups in total. The Hall–Kier alpha value is -5.71. The van der Waals surface area contributed by atoms with Crippen molar-refractivity contribution in [3.05, 3.63) is 177 Å². The van der Waals surface area contributed by atoms with Gasteiger partial charge in [-0.1, -0.05) is 36.4 Å². The topological polar surface area (TPSA) is 183 Å². The third-order valence-corrected chi connectivity index (χ3v) is 13.7. The first-order valence-electron chi connectivity index (χ1n) is 26.5. The van der Waals surface area contributed by atoms with E-state index >= 15 is 0 Å². The number of methoxy groups -OCH3 is 5. The Labute approximate surface area is 469 Å². The molecule has 0 saturated carbocycles. The largest absolute Gasteiger partial charge is 1.00 e. The minimum atomic E-state index is -1.86. The molecule has 0 saturated heterocycles. The van der Waals surface area contributed by atoms with Gasteiger partial charge in [0.2, 0.25) is 0 Å². The number of carbonyl (C=O) groups excluding carboxylic acids is 3. The fourth-order valence-corrected chi connectivity index (χ4v) is 9.48. The third-order valence-electron chi connectivity index (χ3n) is 10.5. The summed E-state index contributed by atoms with van der Waals surface area (Å²) in [4.78, 5) is 49.4. The van der Waals surface area contributed by atoms with Gasteiger partial charge in [-0.15, -0.1) is 35.3 Å². The second-order valence-corrected chi connectivity index (χ2v) is 18.7. The van der Waals surface area contributed by atoms with Crippen LogP contribution in [0.4, 0.5) is 0 Å². The first kappa shape index (κ1) is 49.2. The summed E-state index contributed by atoms with van der Waals surface area (Å²) in [7, 11) is 7.31. The van der Waals surface area contributed by atoms with Gasteiger partial charge in [0.1, 0.15) is 23.5 Å². The van der Waals surface area contributed by atoms with E-state index in [-0.39, 0.29) is 29.9 Å². The number of carbonyl (C=O) groups is 4. The van der Waals surface area contributed by atoms with Crippen LogP contribution in [0.25, 0.3) is 0 Å². The number of ether oxygens (including phenoxy) is 5. The average Bonchev–Trinajstić information content (AvgIpc) is 3.81. The Morgan fingerprint density at radius 3 is 1.39 bits per heavy atom. The van der Waals surface area contributed by atoms with E-state index in [1.165, 1.54) is 43.3 Å². The summed E-state index contributed by atoms with van der Waals surface area (Å²) in [6.07, 6.45) is 0.723. The van der Waals surface area contributed by atoms with Gasteiger partial charge in [0.15, 0.2) is 0 Å². The first-order chi connectivity index (χ1) is 38.1. The van der Waals surface area contributed by atoms with Crippen molar-refractivity contribution < 1.29 is 83.3 Å². The van der Waals surface area contributed by atoms with Crippen LogP contribution < -0.4 is 38.4 Å². The molecule has 0 aliphatic carbocycles. The average molecular weight is 1060 g/mol. The number of fused-ring (bicyclic) bond motifs is 3. The second-order valence-electron chi connectivity index (χ2n) is 15.3. The minimum absolute atomic E-state index is 0. The maximum atomic E-state index is 11.6. The number of benzene rings is 6. The molecular formula is C56H62LiN3O11S3. The third kappa shape index (κ3) is 18.6. The Balaban J connectivity index is 0.000000244. The molecule has 9 rings (SSSR count). The van der Waals surface area contributed by atoms with Gasteiger partial charge in [-0.2, -0.15) is 0 Å². The molecule has 0 fully saturated rings. The van der Waals surface area contributed by atoms with E-state index in [1.807, 2.05) is 30.3 Å². The summed E-state index contributed by atoms with van der Waals surface area (Å²) in [5, 5.41) is 11.9. The number of esters is 2. The SMILES string of the molecule is COC(=O)c1ccc(C=O)cc1.[2H]C(c1ccc(C(=O)O)cc1)N1CCSc2ccc(OC)cc2C1([2H])[2H].[2H]C(c1ccc(C(=O)OC)cc1)N1CCSc2ccc(OC)cc2C1([2H])[2H].[2H]C1([2H])NCCSc2ccc(OC)cc21.[Li+].[OH-]. The zero-order valence-corrected chi connectivity index (χ0v) is 44.2. The number of hydrogen-bond donors (Lipinski definition) is 2. The Morgan fingerprint density at radius 2 is 0.986 bits per heavy atom. The molecule has 0 bridgehead atoms. The van der Waals surface area contributed by atoms with Crippen LogP contribution in [-0.4, -0.2) is 117 Å². The standard InChI is InChI=1S/C19H21NO3S.C18H19NO3S.C10H13NOS.C9H8O3.Li.H2O/c1-22-17-7-8-18-16(11-17)13-20(9-10-24-18)12-14-3-5-15(6-4-14)19(21)23-2;1-22-16-6-7-17-15(10-16)12-19(8-9-23-17)11-13-2-4-14(5-3-13)18(20)21;1-12-9-2-3-10-8(6-9)7-11-4-5-13-10;1-12-9(11)8-4-2-7(6-10)3-5-8;;/h3-8,11H,9-10,12-13H2,1-2H3;2-7,10H,8-9,11-12H2,1H3,(H,20,21);2-3,6,11H,4-5,7H2,1H3;2-6H,1H3;;1H2/q;;;;+1;/p-1/i12D,13D2;11D,12D2;7D2;;;. The molecule has 3 aliphatic rings. The Kier molecular flexibility index (Phi) is 21.2. The molecule has 18 heteroatoms. The molecular weight excluding hydrogens is 994 g/mol. The van der Waals surface area contributed by atoms with Crippen LogP contribution in [0, 0.1) is 0 Å². The van der Waals surface area contributed by atoms with Crippen LogP contribution >= 0.6 is 35.3 Å². The molecule has 2 unspecified atom stereocenters. The minimum Gasteiger partial charge on any atom is -0.870 e. The van der Waals surface area contributed by atoms with Crippen molar-refractivity contribution in [2.75, 3.05) is 72.4 Å². The molecule has 3 heterocycles. The number of rotatable bonds is 11. The van der Waals surface area contributed by atoms with Gasteiger partial charge in [0.05, 0.1) is 52.2 Å². The van der Waals surface area contributed by atoms with Crippen LogP contribution in [0.5, 0.6) is 17.2 Å². The van der Waals surface area contributed by atoms with Crippen LogP contribution in [0.15, 0.2) is 142 Å². The predicted molar refractivity (Wildman–Crippen MR) is 287 cm³/mol. The summed E-state index contributed by atoms with van der Waals surface area (Å²) in [6.45, 7) is -5.53. The van der Waals surface area contributed by atoms with E-state index in [4.69, 9.17) is 35.0 Å². The molecule has 3 aliphatic heterocycles. The predicted octanol–water partition coefficient (Wildman–Crippen LogP) is 7.09. The number of carboxylic acid groups (broad SMARTS) is 1. The van der Waals surface area contributed by atoms with Crippen molar-refractivity contribution in [2.45, 2.75) is 47.2 Å². The van der Waals surface area contributed by atoms with Gasteiger partial charge < -0.3 is 39.6 Å². The van der Waals surface area contributed by atoms with Crippen LogP contribution in [0.2, 0.25) is 0 Å². The van der Waals surface area contributed by atoms with Crippen molar-refractivity contribution in [3.8, 4) is 17.2 Å². The van der Waals surface area contributed by atoms with Gasteiger partial charge in [-0.25, -0.2) is 14.4 Å². The Morgan fingerprint density at radius 1 is 0.595 bits per heavy atom. The fraction of sp³-hybridized carbons (Fsp3) is 0.286. The fourth-order valence-electron chi connectivity index (χ4n) is 6.76. The monoisotopic (exact) mass is 1060 g/mol. The summed E-state index contributed by atoms with van der Waals surface area (Å²) >= 11 is 4.80. The van der Waals surface area contributed by atoms with E-state index in [9.17, 15) is 19.2 Å². The molecule has 14 nitrogen and oxygen atoms in total. The summed E-state index contributed by atoms with van der Waals surface area (Å²) in [5.74, 6) is 2.21. The maximum absolute atomic E-state index is 11.6. The first-order valence-corrected chi connectivity index (χ1v) is 25.3. The van der Waals surface area contributed by atoms with E-state index in [0.29, 0.717) is 92.9 Å². The van der Waals surface area contributed by atoms with Crippen molar-refractivity contribution in [2.24, 2.45) is 0 Å². The van der Waals surface area contributed by atoms with Gasteiger partial charge in [-0.3, -0.25) is 14.6 Å². The van der Waals surface area contributed by atoms with Crippen molar-refractivity contribution in [3.63, 3.8) is 0 Å². The molecule has 0 radical (unpaired) electrons. The van der Waals surface area contributed by atoms with Crippen LogP contribution in [0.1, 0.15) is 80.2 Å². The zero-order chi connectivity index (χ0) is 58.4. The van der Waals surface area contributed by atoms with Crippen LogP contribution in [-0.2, 0) is 42.0 Å². The molecule has 386 valence electrons. The molecule has 0 amide bonds. The molecule has 6 aromatic rings. The van der Waals surface area contributed by atoms with Gasteiger partial charge in [0.25, 0.3) is 0 Å². The van der Waals surface area contributed by atoms with Crippen molar-refractivity contribution >= 4 is 59.5 Å². The number of nitrogens with zero attached hydrogens (tertiary/aromatic N) is 2. The van der Waals surface area contributed by atoms with E-state index in [0.717, 1.165) is 26.7 Å². The number of carboxylic acids is 1. The molecule has 0 spiro atoms. The van der Waals surface area contributed by atoms with E-state index < -0.39 is 50.4 Å². The van der Waals surface area contributed by atoms with Gasteiger partial charge >= 0.3 is 36.8 Å². The summed E-state index contributed by atoms with van der Waals surface area (Å²) in [5.41, 5.74) is 4.36. The van der Waals surface area contributed by atoms with E-state index in [1.54, 1.807) is 134 Å². The summed E-state index contributed by atoms with van der Waals surface area (Å²) in [6, 6.07) is 35.1. The maximum Gasteiger partial charge on any atom is 1.00 e. The number of aldehydes is 1. The number of nitrogens with one attached hydrogen (secondary N) is 1. The normalized spacial score (nSPS) is 18.1. The summed E-state index contributed by atoms with van der Waals surface area (Å²) < 4.78 is 92.6. The molecule has 6 aromatic carbocycles. The quantitative estimate of drug-likeness (QED) is 0.0761. The number of thioether (sulfide) groups is 3. The second kappa shape index (κ2) is 31.9. The number of hydrogen-bond acceptors (Lipinski definition) is 16. The molecule has 2 atom stereocenters. The van der Waals surface area contributed by atoms with E-state index in [2.05, 4.69) is 10.1 Å². The van der Waals surface area contributed by atoms with Crippen molar-refractivity contribution in [1.82, 2.24) is 15.1 Å². The molecule has 74 heavy (non-hydrogen) atoms. The van der Waals surface area contributed by atoms with Gasteiger partial charge in [0, 0.05) is 101 Å². The van der Waals surface area contributed by atoms with Crippen LogP contribution in [0.3, 0.4) is 0 Å². The van der Waals surface area contributed by atoms with Gasteiger partial charge in [-0.05, 0) is 119 Å². The number of aromatic carboxylic acids is 1. The van der Waals surface area contributed by atoms with Crippen molar-refractivity contribution in [1.29, 1.82) is 0 Å². The molecule has 0 aromatic heterocycles. The zero-order valence-electron chi connectivity index (χ0n) is 49.8. The smallest absolute Gasteiger partial charge is 0.870 e. The Bertz CT molecular complexity index is 3100.